The maximum atomic E-state index is 12.5. The number of carboxylic acid groups (broad SMARTS) is 1. The lowest BCUT2D eigenvalue weighted by Gasteiger charge is -2.26. The molecule has 1 aromatic carbocycles. The molecule has 0 aliphatic heterocycles. The Bertz CT molecular complexity index is 618. The highest BCUT2D eigenvalue weighted by atomic mass is 32.2. The van der Waals surface area contributed by atoms with Crippen LogP contribution in [0, 0.1) is 5.41 Å². The lowest BCUT2D eigenvalue weighted by atomic mass is 9.97. The molecule has 20 heavy (non-hydrogen) atoms. The van der Waals surface area contributed by atoms with Gasteiger partial charge in [-0.25, -0.2) is 17.5 Å². The summed E-state index contributed by atoms with van der Waals surface area (Å²) in [6, 6.07) is 3.76. The fraction of sp³-hybridized carbons (Fsp3) is 0.462. The van der Waals surface area contributed by atoms with Crippen molar-refractivity contribution in [3.05, 3.63) is 23.8 Å². The van der Waals surface area contributed by atoms with E-state index in [-0.39, 0.29) is 28.1 Å². The second kappa shape index (κ2) is 5.41. The molecule has 0 bridgehead atoms. The van der Waals surface area contributed by atoms with Crippen molar-refractivity contribution in [1.82, 2.24) is 4.31 Å². The normalized spacial score (nSPS) is 12.7. The van der Waals surface area contributed by atoms with E-state index in [1.165, 1.54) is 19.2 Å². The van der Waals surface area contributed by atoms with Crippen molar-refractivity contribution in [1.29, 1.82) is 0 Å². The zero-order valence-corrected chi connectivity index (χ0v) is 12.9. The van der Waals surface area contributed by atoms with Crippen LogP contribution in [0.15, 0.2) is 23.1 Å². The molecule has 0 aromatic heterocycles. The molecule has 0 unspecified atom stereocenters. The first-order valence-electron chi connectivity index (χ1n) is 6.04. The van der Waals surface area contributed by atoms with Gasteiger partial charge < -0.3 is 10.8 Å². The van der Waals surface area contributed by atoms with Crippen LogP contribution in [0.3, 0.4) is 0 Å². The van der Waals surface area contributed by atoms with Crippen molar-refractivity contribution in [2.75, 3.05) is 19.3 Å². The maximum Gasteiger partial charge on any atom is 0.337 e. The van der Waals surface area contributed by atoms with E-state index < -0.39 is 16.0 Å². The van der Waals surface area contributed by atoms with E-state index in [1.54, 1.807) is 0 Å². The molecule has 6 nitrogen and oxygen atoms in total. The van der Waals surface area contributed by atoms with Gasteiger partial charge in [-0.1, -0.05) is 20.8 Å². The van der Waals surface area contributed by atoms with Crippen LogP contribution in [0.25, 0.3) is 0 Å². The number of rotatable bonds is 4. The van der Waals surface area contributed by atoms with Gasteiger partial charge in [0.05, 0.1) is 10.5 Å². The number of benzene rings is 1. The summed E-state index contributed by atoms with van der Waals surface area (Å²) < 4.78 is 26.1. The lowest BCUT2D eigenvalue weighted by Crippen LogP contribution is -2.35. The SMILES string of the molecule is CN(CC(C)(C)C)S(=O)(=O)c1ccc(N)cc1C(=O)O. The Labute approximate surface area is 119 Å². The van der Waals surface area contributed by atoms with Crippen LogP contribution in [0.4, 0.5) is 5.69 Å². The van der Waals surface area contributed by atoms with Gasteiger partial charge in [0.15, 0.2) is 0 Å². The molecule has 3 N–H and O–H groups in total. The topological polar surface area (TPSA) is 101 Å². The van der Waals surface area contributed by atoms with E-state index in [0.717, 1.165) is 10.4 Å². The minimum atomic E-state index is -3.87. The molecule has 1 aromatic rings. The minimum absolute atomic E-state index is 0.208. The largest absolute Gasteiger partial charge is 0.478 e. The highest BCUT2D eigenvalue weighted by Gasteiger charge is 2.29. The Balaban J connectivity index is 3.32. The quantitative estimate of drug-likeness (QED) is 0.823. The Morgan fingerprint density at radius 2 is 1.90 bits per heavy atom. The number of aromatic carboxylic acids is 1. The van der Waals surface area contributed by atoms with E-state index in [9.17, 15) is 13.2 Å². The lowest BCUT2D eigenvalue weighted by molar-refractivity contribution is 0.0692. The summed E-state index contributed by atoms with van der Waals surface area (Å²) in [6.45, 7) is 5.99. The Hall–Kier alpha value is -1.60. The van der Waals surface area contributed by atoms with Crippen LogP contribution >= 0.6 is 0 Å². The molecular formula is C13H20N2O4S. The summed E-state index contributed by atoms with van der Waals surface area (Å²) in [5.41, 5.74) is 5.17. The third kappa shape index (κ3) is 3.71. The van der Waals surface area contributed by atoms with Crippen molar-refractivity contribution < 1.29 is 18.3 Å². The van der Waals surface area contributed by atoms with Crippen molar-refractivity contribution in [2.45, 2.75) is 25.7 Å². The molecular weight excluding hydrogens is 280 g/mol. The van der Waals surface area contributed by atoms with Gasteiger partial charge in [0.2, 0.25) is 10.0 Å². The van der Waals surface area contributed by atoms with Gasteiger partial charge in [-0.15, -0.1) is 0 Å². The second-order valence-electron chi connectivity index (χ2n) is 5.88. The summed E-state index contributed by atoms with van der Waals surface area (Å²) in [7, 11) is -2.43. The van der Waals surface area contributed by atoms with E-state index in [0.29, 0.717) is 0 Å². The van der Waals surface area contributed by atoms with Gasteiger partial charge in [-0.3, -0.25) is 0 Å². The van der Waals surface area contributed by atoms with Crippen molar-refractivity contribution >= 4 is 21.7 Å². The molecule has 0 spiro atoms. The fourth-order valence-corrected chi connectivity index (χ4v) is 3.42. The molecule has 0 aliphatic rings. The van der Waals surface area contributed by atoms with Gasteiger partial charge in [0.25, 0.3) is 0 Å². The van der Waals surface area contributed by atoms with Crippen LogP contribution in [-0.2, 0) is 10.0 Å². The predicted molar refractivity (Wildman–Crippen MR) is 77.1 cm³/mol. The number of nitrogens with two attached hydrogens (primary N) is 1. The molecule has 0 radical (unpaired) electrons. The Kier molecular flexibility index (Phi) is 4.45. The van der Waals surface area contributed by atoms with Crippen LogP contribution in [0.1, 0.15) is 31.1 Å². The zero-order valence-electron chi connectivity index (χ0n) is 12.0. The van der Waals surface area contributed by atoms with Crippen LogP contribution in [0.5, 0.6) is 0 Å². The average molecular weight is 300 g/mol. The van der Waals surface area contributed by atoms with Gasteiger partial charge in [0, 0.05) is 19.3 Å². The average Bonchev–Trinajstić information content (AvgIpc) is 2.25. The van der Waals surface area contributed by atoms with Gasteiger partial charge in [-0.2, -0.15) is 0 Å². The molecule has 0 amide bonds. The first kappa shape index (κ1) is 16.5. The number of carboxylic acids is 1. The smallest absolute Gasteiger partial charge is 0.337 e. The highest BCUT2D eigenvalue weighted by Crippen LogP contribution is 2.24. The summed E-state index contributed by atoms with van der Waals surface area (Å²) in [5, 5.41) is 9.13. The minimum Gasteiger partial charge on any atom is -0.478 e. The van der Waals surface area contributed by atoms with Crippen molar-refractivity contribution in [3.63, 3.8) is 0 Å². The van der Waals surface area contributed by atoms with E-state index in [1.807, 2.05) is 20.8 Å². The number of carbonyl (C=O) groups is 1. The van der Waals surface area contributed by atoms with Crippen molar-refractivity contribution in [2.24, 2.45) is 5.41 Å². The standard InChI is InChI=1S/C13H20N2O4S/c1-13(2,3)8-15(4)20(18,19)11-6-5-9(14)7-10(11)12(16)17/h5-7H,8,14H2,1-4H3,(H,16,17). The number of nitrogen functional groups attached to an aromatic ring is 1. The van der Waals surface area contributed by atoms with Crippen LogP contribution in [0.2, 0.25) is 0 Å². The molecule has 0 heterocycles. The molecule has 0 saturated heterocycles. The third-order valence-corrected chi connectivity index (χ3v) is 4.48. The number of nitrogens with zero attached hydrogens (tertiary/aromatic N) is 1. The molecule has 7 heteroatoms. The number of anilines is 1. The third-order valence-electron chi connectivity index (χ3n) is 2.62. The summed E-state index contributed by atoms with van der Waals surface area (Å²) >= 11 is 0. The molecule has 0 atom stereocenters. The molecule has 0 saturated carbocycles. The number of hydrogen-bond acceptors (Lipinski definition) is 4. The summed E-state index contributed by atoms with van der Waals surface area (Å²) in [5.74, 6) is -1.32. The highest BCUT2D eigenvalue weighted by molar-refractivity contribution is 7.89. The van der Waals surface area contributed by atoms with E-state index >= 15 is 0 Å². The molecule has 0 fully saturated rings. The molecule has 1 rings (SSSR count). The van der Waals surface area contributed by atoms with Crippen LogP contribution < -0.4 is 5.73 Å². The number of hydrogen-bond donors (Lipinski definition) is 2. The predicted octanol–water partition coefficient (Wildman–Crippen LogP) is 1.63. The maximum absolute atomic E-state index is 12.5. The number of sulfonamides is 1. The van der Waals surface area contributed by atoms with Gasteiger partial charge in [-0.05, 0) is 23.6 Å². The first-order chi connectivity index (χ1) is 8.95. The van der Waals surface area contributed by atoms with Gasteiger partial charge in [0.1, 0.15) is 0 Å². The molecule has 0 aliphatic carbocycles. The van der Waals surface area contributed by atoms with Crippen molar-refractivity contribution in [3.8, 4) is 0 Å². The van der Waals surface area contributed by atoms with Gasteiger partial charge >= 0.3 is 5.97 Å². The fourth-order valence-electron chi connectivity index (χ4n) is 1.86. The Morgan fingerprint density at radius 1 is 1.35 bits per heavy atom. The second-order valence-corrected chi connectivity index (χ2v) is 7.90. The Morgan fingerprint density at radius 3 is 2.35 bits per heavy atom. The monoisotopic (exact) mass is 300 g/mol. The summed E-state index contributed by atoms with van der Waals surface area (Å²) in [6.07, 6.45) is 0. The van der Waals surface area contributed by atoms with E-state index in [4.69, 9.17) is 10.8 Å². The van der Waals surface area contributed by atoms with E-state index in [2.05, 4.69) is 0 Å². The first-order valence-corrected chi connectivity index (χ1v) is 7.48. The zero-order chi connectivity index (χ0) is 15.7. The molecule has 112 valence electrons. The van der Waals surface area contributed by atoms with Crippen LogP contribution in [-0.4, -0.2) is 37.4 Å². The summed E-state index contributed by atoms with van der Waals surface area (Å²) in [4.78, 5) is 10.9.